The maximum Gasteiger partial charge on any atom is 0.289 e. The topological polar surface area (TPSA) is 121 Å². The number of hydrogen-bond acceptors (Lipinski definition) is 6. The first-order chi connectivity index (χ1) is 16.1. The van der Waals surface area contributed by atoms with Crippen LogP contribution >= 0.6 is 0 Å². The lowest BCUT2D eigenvalue weighted by molar-refractivity contribution is -0.134. The number of amidine groups is 1. The SMILES string of the molecule is CC1(N=C(N)OC(=N)C2CC3(CCC3)C2)CN(c2cc(F)c(C3CCC(=O)NC3=O)c(F)c2)C1. The van der Waals surface area contributed by atoms with Crippen molar-refractivity contribution in [3.8, 4) is 0 Å². The Bertz CT molecular complexity index is 1060. The molecule has 0 aromatic heterocycles. The Morgan fingerprint density at radius 1 is 1.24 bits per heavy atom. The summed E-state index contributed by atoms with van der Waals surface area (Å²) in [6.07, 6.45) is 5.83. The summed E-state index contributed by atoms with van der Waals surface area (Å²) in [6, 6.07) is 2.34. The number of carbonyl (C=O) groups is 2. The third-order valence-electron chi connectivity index (χ3n) is 7.82. The number of carbonyl (C=O) groups excluding carboxylic acids is 2. The maximum absolute atomic E-state index is 14.8. The number of nitrogens with one attached hydrogen (secondary N) is 2. The molecule has 4 aliphatic rings. The second-order valence-corrected chi connectivity index (χ2v) is 10.6. The van der Waals surface area contributed by atoms with E-state index in [-0.39, 0.29) is 36.2 Å². The molecule has 0 radical (unpaired) electrons. The molecule has 2 aliphatic heterocycles. The van der Waals surface area contributed by atoms with Crippen LogP contribution in [-0.2, 0) is 14.3 Å². The summed E-state index contributed by atoms with van der Waals surface area (Å²) in [5, 5.41) is 10.3. The highest BCUT2D eigenvalue weighted by atomic mass is 19.1. The summed E-state index contributed by atoms with van der Waals surface area (Å²) >= 11 is 0. The molecule has 5 rings (SSSR count). The first-order valence-corrected chi connectivity index (χ1v) is 11.8. The van der Waals surface area contributed by atoms with E-state index in [9.17, 15) is 18.4 Å². The van der Waals surface area contributed by atoms with Crippen molar-refractivity contribution in [3.63, 3.8) is 0 Å². The van der Waals surface area contributed by atoms with E-state index < -0.39 is 34.9 Å². The number of anilines is 1. The Balaban J connectivity index is 1.19. The van der Waals surface area contributed by atoms with Gasteiger partial charge >= 0.3 is 0 Å². The van der Waals surface area contributed by atoms with Gasteiger partial charge in [-0.15, -0.1) is 0 Å². The molecule has 4 fully saturated rings. The Hall–Kier alpha value is -3.04. The Kier molecular flexibility index (Phi) is 5.37. The molecule has 8 nitrogen and oxygen atoms in total. The summed E-state index contributed by atoms with van der Waals surface area (Å²) in [5.74, 6) is -3.52. The van der Waals surface area contributed by atoms with Gasteiger partial charge in [-0.2, -0.15) is 0 Å². The fourth-order valence-electron chi connectivity index (χ4n) is 5.83. The zero-order chi connectivity index (χ0) is 24.3. The van der Waals surface area contributed by atoms with Crippen LogP contribution in [0.3, 0.4) is 0 Å². The number of imide groups is 1. The van der Waals surface area contributed by atoms with E-state index in [1.54, 1.807) is 4.90 Å². The van der Waals surface area contributed by atoms with Crippen LogP contribution in [0.25, 0.3) is 0 Å². The van der Waals surface area contributed by atoms with Gasteiger partial charge in [0.05, 0.1) is 11.5 Å². The third-order valence-corrected chi connectivity index (χ3v) is 7.82. The van der Waals surface area contributed by atoms with Crippen molar-refractivity contribution in [1.29, 1.82) is 5.41 Å². The van der Waals surface area contributed by atoms with E-state index in [1.165, 1.54) is 31.4 Å². The molecule has 1 aromatic rings. The van der Waals surface area contributed by atoms with Crippen molar-refractivity contribution >= 4 is 29.4 Å². The molecule has 4 N–H and O–H groups in total. The number of rotatable bonds is 4. The number of nitrogens with two attached hydrogens (primary N) is 1. The van der Waals surface area contributed by atoms with Crippen LogP contribution in [0, 0.1) is 28.4 Å². The number of halogens is 2. The van der Waals surface area contributed by atoms with Crippen LogP contribution in [0.15, 0.2) is 17.1 Å². The molecule has 1 atom stereocenters. The van der Waals surface area contributed by atoms with Gasteiger partial charge in [-0.3, -0.25) is 20.3 Å². The summed E-state index contributed by atoms with van der Waals surface area (Å²) in [6.45, 7) is 2.60. The second-order valence-electron chi connectivity index (χ2n) is 10.6. The monoisotopic (exact) mass is 473 g/mol. The van der Waals surface area contributed by atoms with Crippen LogP contribution < -0.4 is 16.0 Å². The van der Waals surface area contributed by atoms with Crippen molar-refractivity contribution in [2.24, 2.45) is 22.1 Å². The fraction of sp³-hybridized carbons (Fsp3) is 0.583. The molecule has 1 unspecified atom stereocenters. The third kappa shape index (κ3) is 4.03. The van der Waals surface area contributed by atoms with E-state index in [0.29, 0.717) is 24.2 Å². The molecule has 1 aromatic carbocycles. The first kappa shape index (κ1) is 22.7. The molecule has 2 saturated heterocycles. The average Bonchev–Trinajstić information content (AvgIpc) is 2.64. The Morgan fingerprint density at radius 3 is 2.44 bits per heavy atom. The molecule has 2 amide bonds. The lowest BCUT2D eigenvalue weighted by Crippen LogP contribution is -2.60. The standard InChI is InChI=1S/C24H29F2N5O3/c1-23(30-22(28)34-20(27)13-9-24(10-13)5-2-6-24)11-31(12-23)14-7-16(25)19(17(26)8-14)15-3-4-18(32)29-21(15)33/h7-8,13,15,27H,2-6,9-12H2,1H3,(H2,28,30)(H,29,32,33). The van der Waals surface area contributed by atoms with Gasteiger partial charge < -0.3 is 15.4 Å². The van der Waals surface area contributed by atoms with Crippen molar-refractivity contribution in [3.05, 3.63) is 29.3 Å². The zero-order valence-corrected chi connectivity index (χ0v) is 19.1. The summed E-state index contributed by atoms with van der Waals surface area (Å²) in [5.41, 5.74) is 5.80. The number of nitrogens with zero attached hydrogens (tertiary/aromatic N) is 2. The predicted octanol–water partition coefficient (Wildman–Crippen LogP) is 2.95. The van der Waals surface area contributed by atoms with Crippen molar-refractivity contribution in [2.75, 3.05) is 18.0 Å². The van der Waals surface area contributed by atoms with E-state index in [2.05, 4.69) is 10.3 Å². The average molecular weight is 474 g/mol. The Morgan fingerprint density at radius 2 is 1.88 bits per heavy atom. The Labute approximate surface area is 196 Å². The van der Waals surface area contributed by atoms with Gasteiger partial charge in [0, 0.05) is 36.7 Å². The molecule has 0 bridgehead atoms. The van der Waals surface area contributed by atoms with Crippen LogP contribution in [0.4, 0.5) is 14.5 Å². The summed E-state index contributed by atoms with van der Waals surface area (Å²) < 4.78 is 35.1. The molecule has 34 heavy (non-hydrogen) atoms. The van der Waals surface area contributed by atoms with Crippen LogP contribution in [-0.4, -0.2) is 42.4 Å². The quantitative estimate of drug-likeness (QED) is 0.353. The maximum atomic E-state index is 14.8. The molecule has 2 saturated carbocycles. The van der Waals surface area contributed by atoms with Gasteiger partial charge in [0.15, 0.2) is 5.90 Å². The molecule has 182 valence electrons. The predicted molar refractivity (Wildman–Crippen MR) is 122 cm³/mol. The second kappa shape index (κ2) is 8.02. The fourth-order valence-corrected chi connectivity index (χ4v) is 5.83. The van der Waals surface area contributed by atoms with Crippen LogP contribution in [0.2, 0.25) is 0 Å². The highest BCUT2D eigenvalue weighted by molar-refractivity contribution is 6.01. The van der Waals surface area contributed by atoms with Crippen molar-refractivity contribution < 1.29 is 23.1 Å². The van der Waals surface area contributed by atoms with E-state index >= 15 is 0 Å². The molecular weight excluding hydrogens is 444 g/mol. The van der Waals surface area contributed by atoms with E-state index in [4.69, 9.17) is 15.9 Å². The van der Waals surface area contributed by atoms with Crippen LogP contribution in [0.5, 0.6) is 0 Å². The number of ether oxygens (including phenoxy) is 1. The van der Waals surface area contributed by atoms with Gasteiger partial charge in [-0.1, -0.05) is 6.42 Å². The lowest BCUT2D eigenvalue weighted by Gasteiger charge is -2.53. The first-order valence-electron chi connectivity index (χ1n) is 11.8. The van der Waals surface area contributed by atoms with Gasteiger partial charge in [-0.25, -0.2) is 13.8 Å². The van der Waals surface area contributed by atoms with Gasteiger partial charge in [0.1, 0.15) is 11.6 Å². The number of hydrogen-bond donors (Lipinski definition) is 3. The van der Waals surface area contributed by atoms with E-state index in [0.717, 1.165) is 12.8 Å². The largest absolute Gasteiger partial charge is 0.412 e. The molecule has 10 heteroatoms. The highest BCUT2D eigenvalue weighted by Crippen LogP contribution is 2.58. The van der Waals surface area contributed by atoms with Gasteiger partial charge in [-0.05, 0) is 56.6 Å². The van der Waals surface area contributed by atoms with Gasteiger partial charge in [0.25, 0.3) is 6.02 Å². The normalized spacial score (nSPS) is 25.8. The smallest absolute Gasteiger partial charge is 0.289 e. The van der Waals surface area contributed by atoms with Gasteiger partial charge in [0.2, 0.25) is 11.8 Å². The molecule has 2 heterocycles. The number of amides is 2. The number of benzene rings is 1. The zero-order valence-electron chi connectivity index (χ0n) is 19.1. The number of piperidine rings is 1. The van der Waals surface area contributed by atoms with E-state index in [1.807, 2.05) is 6.92 Å². The molecular formula is C24H29F2N5O3. The minimum absolute atomic E-state index is 0.0437. The minimum Gasteiger partial charge on any atom is -0.412 e. The minimum atomic E-state index is -1.03. The lowest BCUT2D eigenvalue weighted by atomic mass is 9.52. The van der Waals surface area contributed by atoms with Crippen molar-refractivity contribution in [1.82, 2.24) is 5.32 Å². The molecule has 1 spiro atoms. The summed E-state index contributed by atoms with van der Waals surface area (Å²) in [4.78, 5) is 29.5. The summed E-state index contributed by atoms with van der Waals surface area (Å²) in [7, 11) is 0. The van der Waals surface area contributed by atoms with Crippen molar-refractivity contribution in [2.45, 2.75) is 63.3 Å². The highest BCUT2D eigenvalue weighted by Gasteiger charge is 2.50. The van der Waals surface area contributed by atoms with Crippen LogP contribution in [0.1, 0.15) is 63.4 Å². The molecule has 2 aliphatic carbocycles. The number of aliphatic imine (C=N–C) groups is 1.